The minimum absolute atomic E-state index is 0.0871. The molecule has 0 unspecified atom stereocenters. The fraction of sp³-hybridized carbons (Fsp3) is 0.103. The Bertz CT molecular complexity index is 1410. The predicted octanol–water partition coefficient (Wildman–Crippen LogP) is 7.08. The van der Waals surface area contributed by atoms with E-state index in [1.807, 2.05) is 66.7 Å². The number of benzene rings is 3. The highest BCUT2D eigenvalue weighted by atomic mass is 32.2. The summed E-state index contributed by atoms with van der Waals surface area (Å²) in [6, 6.07) is 29.8. The number of carbonyl (C=O) groups excluding carboxylic acids is 1. The van der Waals surface area contributed by atoms with Gasteiger partial charge in [-0.05, 0) is 73.5 Å². The van der Waals surface area contributed by atoms with Gasteiger partial charge in [0.05, 0.1) is 10.6 Å². The van der Waals surface area contributed by atoms with Gasteiger partial charge < -0.3 is 9.30 Å². The van der Waals surface area contributed by atoms with E-state index in [-0.39, 0.29) is 5.91 Å². The fourth-order valence-corrected chi connectivity index (χ4v) is 5.46. The Balaban J connectivity index is 1.36. The zero-order valence-corrected chi connectivity index (χ0v) is 21.1. The molecule has 4 aromatic rings. The number of carbonyl (C=O) groups is 1. The van der Waals surface area contributed by atoms with Crippen LogP contribution in [-0.2, 0) is 11.4 Å². The van der Waals surface area contributed by atoms with Crippen LogP contribution in [0.2, 0.25) is 0 Å². The van der Waals surface area contributed by atoms with Crippen LogP contribution in [0.5, 0.6) is 5.75 Å². The maximum Gasteiger partial charge on any atom is 0.270 e. The van der Waals surface area contributed by atoms with Gasteiger partial charge in [-0.25, -0.2) is 0 Å². The topological polar surface area (TPSA) is 34.5 Å². The number of hydrogen-bond acceptors (Lipinski definition) is 4. The van der Waals surface area contributed by atoms with Gasteiger partial charge in [-0.1, -0.05) is 72.5 Å². The number of nitrogens with zero attached hydrogens (tertiary/aromatic N) is 2. The molecule has 1 fully saturated rings. The van der Waals surface area contributed by atoms with E-state index in [2.05, 4.69) is 48.7 Å². The van der Waals surface area contributed by atoms with E-state index >= 15 is 0 Å². The Labute approximate surface area is 214 Å². The summed E-state index contributed by atoms with van der Waals surface area (Å²) in [5.41, 5.74) is 6.12. The molecular formula is C29H24N2O2S2. The Kier molecular flexibility index (Phi) is 6.57. The van der Waals surface area contributed by atoms with E-state index in [0.29, 0.717) is 15.8 Å². The number of amides is 1. The molecule has 4 nitrogen and oxygen atoms in total. The van der Waals surface area contributed by atoms with Crippen molar-refractivity contribution in [1.29, 1.82) is 0 Å². The molecule has 2 heterocycles. The lowest BCUT2D eigenvalue weighted by atomic mass is 10.2. The Morgan fingerprint density at radius 1 is 0.886 bits per heavy atom. The molecule has 1 amide bonds. The number of hydrogen-bond donors (Lipinski definition) is 0. The van der Waals surface area contributed by atoms with Crippen LogP contribution in [0, 0.1) is 13.8 Å². The van der Waals surface area contributed by atoms with Crippen LogP contribution in [0.3, 0.4) is 0 Å². The van der Waals surface area contributed by atoms with Crippen molar-refractivity contribution in [1.82, 2.24) is 4.57 Å². The minimum atomic E-state index is -0.0871. The molecule has 5 rings (SSSR count). The summed E-state index contributed by atoms with van der Waals surface area (Å²) < 4.78 is 8.66. The number of aryl methyl sites for hydroxylation is 1. The zero-order valence-electron chi connectivity index (χ0n) is 19.5. The van der Waals surface area contributed by atoms with Gasteiger partial charge in [0.15, 0.2) is 4.32 Å². The molecule has 3 aromatic carbocycles. The molecule has 0 bridgehead atoms. The molecule has 1 aliphatic rings. The van der Waals surface area contributed by atoms with Gasteiger partial charge in [0.1, 0.15) is 12.4 Å². The van der Waals surface area contributed by atoms with E-state index in [1.54, 1.807) is 4.90 Å². The lowest BCUT2D eigenvalue weighted by Gasteiger charge is -2.13. The van der Waals surface area contributed by atoms with E-state index in [4.69, 9.17) is 17.0 Å². The van der Waals surface area contributed by atoms with E-state index in [0.717, 1.165) is 39.6 Å². The molecule has 174 valence electrons. The lowest BCUT2D eigenvalue weighted by Crippen LogP contribution is -2.27. The van der Waals surface area contributed by atoms with Crippen LogP contribution in [0.4, 0.5) is 5.69 Å². The zero-order chi connectivity index (χ0) is 24.4. The molecule has 1 saturated heterocycles. The van der Waals surface area contributed by atoms with Gasteiger partial charge in [0.25, 0.3) is 5.91 Å². The van der Waals surface area contributed by atoms with Gasteiger partial charge in [-0.2, -0.15) is 0 Å². The van der Waals surface area contributed by atoms with Crippen LogP contribution in [0.1, 0.15) is 22.5 Å². The molecule has 0 spiro atoms. The Morgan fingerprint density at radius 2 is 1.54 bits per heavy atom. The van der Waals surface area contributed by atoms with Crippen LogP contribution in [0.25, 0.3) is 11.8 Å². The summed E-state index contributed by atoms with van der Waals surface area (Å²) in [7, 11) is 0. The van der Waals surface area contributed by atoms with Crippen LogP contribution >= 0.6 is 24.0 Å². The molecule has 1 aromatic heterocycles. The highest BCUT2D eigenvalue weighted by molar-refractivity contribution is 8.27. The summed E-state index contributed by atoms with van der Waals surface area (Å²) >= 11 is 6.85. The summed E-state index contributed by atoms with van der Waals surface area (Å²) in [6.07, 6.45) is 1.94. The molecule has 0 aliphatic carbocycles. The van der Waals surface area contributed by atoms with Crippen LogP contribution < -0.4 is 9.64 Å². The monoisotopic (exact) mass is 496 g/mol. The first-order valence-electron chi connectivity index (χ1n) is 11.3. The Hall–Kier alpha value is -3.61. The molecule has 0 saturated carbocycles. The van der Waals surface area contributed by atoms with Crippen molar-refractivity contribution in [2.24, 2.45) is 0 Å². The first-order valence-corrected chi connectivity index (χ1v) is 12.5. The van der Waals surface area contributed by atoms with Gasteiger partial charge in [0, 0.05) is 17.1 Å². The first kappa shape index (κ1) is 23.1. The van der Waals surface area contributed by atoms with Crippen molar-refractivity contribution < 1.29 is 9.53 Å². The highest BCUT2D eigenvalue weighted by Gasteiger charge is 2.33. The van der Waals surface area contributed by atoms with Gasteiger partial charge in [0.2, 0.25) is 0 Å². The lowest BCUT2D eigenvalue weighted by molar-refractivity contribution is -0.113. The number of rotatable bonds is 6. The van der Waals surface area contributed by atoms with Crippen molar-refractivity contribution in [2.45, 2.75) is 20.5 Å². The second-order valence-corrected chi connectivity index (χ2v) is 9.96. The maximum absolute atomic E-state index is 13.1. The van der Waals surface area contributed by atoms with Crippen LogP contribution in [-0.4, -0.2) is 14.8 Å². The molecule has 0 radical (unpaired) electrons. The molecule has 6 heteroatoms. The van der Waals surface area contributed by atoms with Crippen LogP contribution in [0.15, 0.2) is 95.9 Å². The van der Waals surface area contributed by atoms with Gasteiger partial charge >= 0.3 is 0 Å². The number of ether oxygens (including phenoxy) is 1. The van der Waals surface area contributed by atoms with Crippen molar-refractivity contribution in [2.75, 3.05) is 4.90 Å². The second kappa shape index (κ2) is 9.94. The smallest absolute Gasteiger partial charge is 0.270 e. The molecule has 0 N–H and O–H groups in total. The normalized spacial score (nSPS) is 14.7. The van der Waals surface area contributed by atoms with Crippen molar-refractivity contribution in [3.8, 4) is 11.4 Å². The third-order valence-electron chi connectivity index (χ3n) is 5.91. The van der Waals surface area contributed by atoms with Crippen molar-refractivity contribution in [3.63, 3.8) is 0 Å². The molecule has 0 atom stereocenters. The summed E-state index contributed by atoms with van der Waals surface area (Å²) in [6.45, 7) is 4.67. The van der Waals surface area contributed by atoms with Gasteiger partial charge in [-0.3, -0.25) is 9.69 Å². The largest absolute Gasteiger partial charge is 0.489 e. The quantitative estimate of drug-likeness (QED) is 0.211. The summed E-state index contributed by atoms with van der Waals surface area (Å²) in [5, 5.41) is 0. The standard InChI is InChI=1S/C29H24N2O2S2/c1-20-17-23(18-27-28(32)31(29(34)35-27)24-11-7-4-8-12-24)21(2)30(20)25-13-15-26(16-14-25)33-19-22-9-5-3-6-10-22/h3-18H,19H2,1-2H3/b27-18+. The first-order chi connectivity index (χ1) is 17.0. The fourth-order valence-electron chi connectivity index (χ4n) is 4.17. The van der Waals surface area contributed by atoms with Crippen molar-refractivity contribution in [3.05, 3.63) is 118 Å². The van der Waals surface area contributed by atoms with E-state index in [9.17, 15) is 4.79 Å². The third-order valence-corrected chi connectivity index (χ3v) is 7.21. The Morgan fingerprint density at radius 3 is 2.23 bits per heavy atom. The third kappa shape index (κ3) is 4.81. The van der Waals surface area contributed by atoms with E-state index in [1.165, 1.54) is 11.8 Å². The molecular weight excluding hydrogens is 472 g/mol. The summed E-state index contributed by atoms with van der Waals surface area (Å²) in [4.78, 5) is 15.3. The number of thiocarbonyl (C=S) groups is 1. The highest BCUT2D eigenvalue weighted by Crippen LogP contribution is 2.37. The number of thioether (sulfide) groups is 1. The van der Waals surface area contributed by atoms with Gasteiger partial charge in [-0.15, -0.1) is 0 Å². The van der Waals surface area contributed by atoms with Crippen molar-refractivity contribution >= 4 is 46.0 Å². The summed E-state index contributed by atoms with van der Waals surface area (Å²) in [5.74, 6) is 0.737. The SMILES string of the molecule is Cc1cc(/C=C2/SC(=S)N(c3ccccc3)C2=O)c(C)n1-c1ccc(OCc2ccccc2)cc1. The molecule has 1 aliphatic heterocycles. The predicted molar refractivity (Wildman–Crippen MR) is 148 cm³/mol. The average Bonchev–Trinajstić information content (AvgIpc) is 3.32. The maximum atomic E-state index is 13.1. The number of aromatic nitrogens is 1. The number of para-hydroxylation sites is 1. The minimum Gasteiger partial charge on any atom is -0.489 e. The van der Waals surface area contributed by atoms with E-state index < -0.39 is 0 Å². The molecule has 35 heavy (non-hydrogen) atoms. The number of anilines is 1. The second-order valence-electron chi connectivity index (χ2n) is 8.28. The average molecular weight is 497 g/mol.